The number of hydrogen-bond acceptors (Lipinski definition) is 6. The first-order chi connectivity index (χ1) is 24.5. The third-order valence-corrected chi connectivity index (χ3v) is 7.94. The molecule has 1 unspecified atom stereocenters. The first-order valence-electron chi connectivity index (χ1n) is 20.0. The van der Waals surface area contributed by atoms with Crippen molar-refractivity contribution < 1.29 is 28.6 Å². The molecule has 0 heterocycles. The summed E-state index contributed by atoms with van der Waals surface area (Å²) < 4.78 is 16.5. The van der Waals surface area contributed by atoms with Gasteiger partial charge in [-0.3, -0.25) is 14.4 Å². The first-order valence-corrected chi connectivity index (χ1v) is 20.0. The summed E-state index contributed by atoms with van der Waals surface area (Å²) in [5.74, 6) is -1.03. The minimum absolute atomic E-state index is 0.115. The third-order valence-electron chi connectivity index (χ3n) is 7.94. The van der Waals surface area contributed by atoms with Gasteiger partial charge in [0.1, 0.15) is 13.2 Å². The summed E-state index contributed by atoms with van der Waals surface area (Å²) in [5.41, 5.74) is 0. The highest BCUT2D eigenvalue weighted by Crippen LogP contribution is 2.10. The maximum atomic E-state index is 12.6. The molecule has 0 bridgehead atoms. The van der Waals surface area contributed by atoms with Crippen LogP contribution in [0.2, 0.25) is 0 Å². The first kappa shape index (κ1) is 46.9. The van der Waals surface area contributed by atoms with Crippen molar-refractivity contribution in [3.8, 4) is 0 Å². The molecule has 0 N–H and O–H groups in total. The summed E-state index contributed by atoms with van der Waals surface area (Å²) in [6.07, 6.45) is 46.1. The topological polar surface area (TPSA) is 78.9 Å². The van der Waals surface area contributed by atoms with Crippen molar-refractivity contribution in [3.63, 3.8) is 0 Å². The Kier molecular flexibility index (Phi) is 36.2. The molecule has 6 nitrogen and oxygen atoms in total. The molecule has 50 heavy (non-hydrogen) atoms. The van der Waals surface area contributed by atoms with E-state index in [1.807, 2.05) is 0 Å². The number of allylic oxidation sites excluding steroid dienone is 12. The van der Waals surface area contributed by atoms with Gasteiger partial charge in [-0.2, -0.15) is 0 Å². The van der Waals surface area contributed by atoms with Crippen molar-refractivity contribution in [1.29, 1.82) is 0 Å². The lowest BCUT2D eigenvalue weighted by Gasteiger charge is -2.18. The Balaban J connectivity index is 4.53. The van der Waals surface area contributed by atoms with E-state index in [1.54, 1.807) is 0 Å². The van der Waals surface area contributed by atoms with Gasteiger partial charge in [0.2, 0.25) is 0 Å². The van der Waals surface area contributed by atoms with Crippen LogP contribution in [0.1, 0.15) is 168 Å². The quantitative estimate of drug-likeness (QED) is 0.0219. The molecule has 1 atom stereocenters. The van der Waals surface area contributed by atoms with E-state index in [0.29, 0.717) is 19.3 Å². The van der Waals surface area contributed by atoms with Crippen molar-refractivity contribution in [1.82, 2.24) is 0 Å². The molecule has 284 valence electrons. The van der Waals surface area contributed by atoms with Gasteiger partial charge in [0.25, 0.3) is 0 Å². The highest BCUT2D eigenvalue weighted by molar-refractivity contribution is 5.71. The van der Waals surface area contributed by atoms with Crippen molar-refractivity contribution in [2.45, 2.75) is 175 Å². The van der Waals surface area contributed by atoms with E-state index in [1.165, 1.54) is 38.5 Å². The average Bonchev–Trinajstić information content (AvgIpc) is 3.11. The van der Waals surface area contributed by atoms with E-state index in [2.05, 4.69) is 93.7 Å². The smallest absolute Gasteiger partial charge is 0.306 e. The molecule has 0 aliphatic carbocycles. The number of hydrogen-bond donors (Lipinski definition) is 0. The normalized spacial score (nSPS) is 12.8. The summed E-state index contributed by atoms with van der Waals surface area (Å²) in [7, 11) is 0. The maximum Gasteiger partial charge on any atom is 0.306 e. The number of rotatable bonds is 34. The van der Waals surface area contributed by atoms with E-state index >= 15 is 0 Å². The Hall–Kier alpha value is -3.15. The van der Waals surface area contributed by atoms with Crippen molar-refractivity contribution in [2.24, 2.45) is 0 Å². The number of carbonyl (C=O) groups is 3. The van der Waals surface area contributed by atoms with Gasteiger partial charge in [-0.1, -0.05) is 132 Å². The molecular weight excluding hydrogens is 624 g/mol. The number of esters is 3. The van der Waals surface area contributed by atoms with Crippen molar-refractivity contribution in [2.75, 3.05) is 13.2 Å². The maximum absolute atomic E-state index is 12.6. The summed E-state index contributed by atoms with van der Waals surface area (Å²) in [5, 5.41) is 0. The van der Waals surface area contributed by atoms with Crippen LogP contribution in [0.5, 0.6) is 0 Å². The Morgan fingerprint density at radius 2 is 0.880 bits per heavy atom. The number of carbonyl (C=O) groups excluding carboxylic acids is 3. The van der Waals surface area contributed by atoms with Crippen LogP contribution in [0.15, 0.2) is 72.9 Å². The SMILES string of the molecule is CC/C=C\C/C=C\C/C=C\CCCCC(=O)OCC(COC(=O)CCC/C=C\CCCCCC)OC(=O)CCCCC/C=C\C=C/CCCC. The molecular formula is C44H72O6. The van der Waals surface area contributed by atoms with Crippen molar-refractivity contribution >= 4 is 17.9 Å². The fourth-order valence-electron chi connectivity index (χ4n) is 4.90. The van der Waals surface area contributed by atoms with Gasteiger partial charge in [0.15, 0.2) is 6.10 Å². The molecule has 0 aromatic rings. The molecule has 0 aliphatic rings. The monoisotopic (exact) mass is 697 g/mol. The Morgan fingerprint density at radius 1 is 0.440 bits per heavy atom. The minimum Gasteiger partial charge on any atom is -0.462 e. The van der Waals surface area contributed by atoms with Crippen LogP contribution in [0.25, 0.3) is 0 Å². The highest BCUT2D eigenvalue weighted by atomic mass is 16.6. The zero-order chi connectivity index (χ0) is 36.6. The van der Waals surface area contributed by atoms with Gasteiger partial charge in [0, 0.05) is 19.3 Å². The van der Waals surface area contributed by atoms with E-state index in [0.717, 1.165) is 83.5 Å². The van der Waals surface area contributed by atoms with Crippen LogP contribution in [0, 0.1) is 0 Å². The molecule has 0 spiro atoms. The van der Waals surface area contributed by atoms with Gasteiger partial charge < -0.3 is 14.2 Å². The standard InChI is InChI=1S/C44H72O6/c1-4-7-10-13-16-19-21-23-25-28-31-34-37-43(46)49-40-41(39-48-42(45)36-33-30-27-24-18-15-12-9-6-3)50-44(47)38-35-32-29-26-22-20-17-14-11-8-5-2/h7,10,14,16-17,19-20,22-25,27,41H,4-6,8-9,11-13,15,18,21,26,28-40H2,1-3H3/b10-7-,17-14-,19-16-,22-20-,25-23-,27-24-. The Bertz CT molecular complexity index is 986. The largest absolute Gasteiger partial charge is 0.462 e. The second-order valence-electron chi connectivity index (χ2n) is 12.8. The van der Waals surface area contributed by atoms with Crippen LogP contribution in [-0.2, 0) is 28.6 Å². The Labute approximate surface area is 306 Å². The van der Waals surface area contributed by atoms with E-state index < -0.39 is 6.10 Å². The molecule has 0 aliphatic heterocycles. The van der Waals surface area contributed by atoms with Gasteiger partial charge in [-0.15, -0.1) is 0 Å². The van der Waals surface area contributed by atoms with Gasteiger partial charge in [-0.05, 0) is 89.9 Å². The van der Waals surface area contributed by atoms with Crippen LogP contribution in [0.4, 0.5) is 0 Å². The fraction of sp³-hybridized carbons (Fsp3) is 0.659. The fourth-order valence-corrected chi connectivity index (χ4v) is 4.90. The van der Waals surface area contributed by atoms with E-state index in [-0.39, 0.29) is 37.5 Å². The second-order valence-corrected chi connectivity index (χ2v) is 12.8. The minimum atomic E-state index is -0.811. The van der Waals surface area contributed by atoms with Crippen LogP contribution < -0.4 is 0 Å². The third kappa shape index (κ3) is 36.1. The zero-order valence-corrected chi connectivity index (χ0v) is 32.1. The molecule has 0 saturated carbocycles. The van der Waals surface area contributed by atoms with Crippen molar-refractivity contribution in [3.05, 3.63) is 72.9 Å². The molecule has 6 heteroatoms. The predicted molar refractivity (Wildman–Crippen MR) is 210 cm³/mol. The van der Waals surface area contributed by atoms with Gasteiger partial charge in [-0.25, -0.2) is 0 Å². The van der Waals surface area contributed by atoms with E-state index in [4.69, 9.17) is 14.2 Å². The average molecular weight is 697 g/mol. The summed E-state index contributed by atoms with van der Waals surface area (Å²) in [6, 6.07) is 0. The summed E-state index contributed by atoms with van der Waals surface area (Å²) in [6.45, 7) is 6.30. The lowest BCUT2D eigenvalue weighted by Crippen LogP contribution is -2.30. The van der Waals surface area contributed by atoms with E-state index in [9.17, 15) is 14.4 Å². The molecule has 0 aromatic carbocycles. The van der Waals surface area contributed by atoms with Gasteiger partial charge in [0.05, 0.1) is 0 Å². The lowest BCUT2D eigenvalue weighted by molar-refractivity contribution is -0.167. The second kappa shape index (κ2) is 38.6. The summed E-state index contributed by atoms with van der Waals surface area (Å²) in [4.78, 5) is 37.4. The van der Waals surface area contributed by atoms with Crippen LogP contribution >= 0.6 is 0 Å². The molecule has 0 saturated heterocycles. The summed E-state index contributed by atoms with van der Waals surface area (Å²) >= 11 is 0. The molecule has 0 fully saturated rings. The van der Waals surface area contributed by atoms with Gasteiger partial charge >= 0.3 is 17.9 Å². The molecule has 0 aromatic heterocycles. The molecule has 0 radical (unpaired) electrons. The Morgan fingerprint density at radius 3 is 1.50 bits per heavy atom. The molecule has 0 rings (SSSR count). The number of ether oxygens (including phenoxy) is 3. The predicted octanol–water partition coefficient (Wildman–Crippen LogP) is 12.4. The highest BCUT2D eigenvalue weighted by Gasteiger charge is 2.19. The van der Waals surface area contributed by atoms with Crippen LogP contribution in [0.3, 0.4) is 0 Å². The zero-order valence-electron chi connectivity index (χ0n) is 32.1. The number of unbranched alkanes of at least 4 members (excludes halogenated alkanes) is 12. The van der Waals surface area contributed by atoms with Crippen LogP contribution in [-0.4, -0.2) is 37.2 Å². The lowest BCUT2D eigenvalue weighted by atomic mass is 10.1. The molecule has 0 amide bonds.